The third-order valence-corrected chi connectivity index (χ3v) is 4.32. The van der Waals surface area contributed by atoms with Crippen LogP contribution in [-0.2, 0) is 19.5 Å². The van der Waals surface area contributed by atoms with Crippen molar-refractivity contribution in [2.45, 2.75) is 26.4 Å². The molecule has 4 rings (SSSR count). The van der Waals surface area contributed by atoms with Crippen LogP contribution in [-0.4, -0.2) is 16.1 Å². The van der Waals surface area contributed by atoms with Gasteiger partial charge in [-0.15, -0.1) is 0 Å². The Morgan fingerprint density at radius 1 is 1.14 bits per heavy atom. The van der Waals surface area contributed by atoms with Crippen LogP contribution in [0.25, 0.3) is 22.4 Å². The van der Waals surface area contributed by atoms with Gasteiger partial charge in [-0.1, -0.05) is 24.3 Å². The van der Waals surface area contributed by atoms with E-state index >= 15 is 0 Å². The van der Waals surface area contributed by atoms with Crippen molar-refractivity contribution < 1.29 is 0 Å². The van der Waals surface area contributed by atoms with Gasteiger partial charge in [0.05, 0.1) is 11.0 Å². The van der Waals surface area contributed by atoms with Gasteiger partial charge in [0.1, 0.15) is 5.82 Å². The van der Waals surface area contributed by atoms with Crippen molar-refractivity contribution in [2.75, 3.05) is 6.54 Å². The monoisotopic (exact) mass is 277 g/mol. The van der Waals surface area contributed by atoms with Crippen LogP contribution in [0, 0.1) is 0 Å². The molecule has 0 saturated heterocycles. The molecule has 1 aliphatic heterocycles. The Bertz CT molecular complexity index is 801. The fourth-order valence-electron chi connectivity index (χ4n) is 3.24. The lowest BCUT2D eigenvalue weighted by Crippen LogP contribution is -2.23. The first-order valence-corrected chi connectivity index (χ1v) is 7.65. The van der Waals surface area contributed by atoms with Crippen molar-refractivity contribution in [3.63, 3.8) is 0 Å². The zero-order chi connectivity index (χ0) is 14.2. The van der Waals surface area contributed by atoms with Crippen molar-refractivity contribution in [1.82, 2.24) is 14.9 Å². The van der Waals surface area contributed by atoms with Crippen LogP contribution in [0.5, 0.6) is 0 Å². The summed E-state index contributed by atoms with van der Waals surface area (Å²) in [7, 11) is 0. The van der Waals surface area contributed by atoms with E-state index in [1.54, 1.807) is 0 Å². The highest BCUT2D eigenvalue weighted by Gasteiger charge is 2.14. The van der Waals surface area contributed by atoms with Crippen molar-refractivity contribution in [3.8, 4) is 11.4 Å². The summed E-state index contributed by atoms with van der Waals surface area (Å²) in [5.74, 6) is 1.08. The molecule has 0 atom stereocenters. The number of para-hydroxylation sites is 2. The summed E-state index contributed by atoms with van der Waals surface area (Å²) in [6.45, 7) is 5.16. The Balaban J connectivity index is 1.89. The molecule has 3 heteroatoms. The minimum atomic E-state index is 0.936. The smallest absolute Gasteiger partial charge is 0.141 e. The van der Waals surface area contributed by atoms with Crippen molar-refractivity contribution in [3.05, 3.63) is 53.6 Å². The molecule has 0 bridgehead atoms. The topological polar surface area (TPSA) is 29.9 Å². The van der Waals surface area contributed by atoms with Gasteiger partial charge in [-0.25, -0.2) is 4.98 Å². The van der Waals surface area contributed by atoms with Gasteiger partial charge in [-0.2, -0.15) is 0 Å². The molecule has 106 valence electrons. The van der Waals surface area contributed by atoms with E-state index in [9.17, 15) is 0 Å². The predicted molar refractivity (Wildman–Crippen MR) is 86.3 cm³/mol. The minimum Gasteiger partial charge on any atom is -0.324 e. The Labute approximate surface area is 124 Å². The quantitative estimate of drug-likeness (QED) is 0.778. The number of hydrogen-bond donors (Lipinski definition) is 1. The molecule has 0 fully saturated rings. The van der Waals surface area contributed by atoms with Crippen molar-refractivity contribution in [1.29, 1.82) is 0 Å². The minimum absolute atomic E-state index is 0.936. The fourth-order valence-corrected chi connectivity index (χ4v) is 3.24. The van der Waals surface area contributed by atoms with Gasteiger partial charge in [0.15, 0.2) is 0 Å². The number of aryl methyl sites for hydroxylation is 1. The first kappa shape index (κ1) is 12.6. The van der Waals surface area contributed by atoms with Crippen LogP contribution in [0.3, 0.4) is 0 Å². The van der Waals surface area contributed by atoms with Gasteiger partial charge in [0.2, 0.25) is 0 Å². The number of nitrogens with one attached hydrogen (secondary N) is 1. The Kier molecular flexibility index (Phi) is 3.00. The molecule has 1 N–H and O–H groups in total. The maximum absolute atomic E-state index is 4.85. The summed E-state index contributed by atoms with van der Waals surface area (Å²) in [5, 5.41) is 3.45. The SMILES string of the molecule is CCn1c(-c2ccc3c(c2)CNCC3)nc2ccccc21. The van der Waals surface area contributed by atoms with Gasteiger partial charge in [-0.3, -0.25) is 0 Å². The Morgan fingerprint density at radius 2 is 2.05 bits per heavy atom. The third kappa shape index (κ3) is 2.05. The first-order chi connectivity index (χ1) is 10.4. The zero-order valence-corrected chi connectivity index (χ0v) is 12.3. The number of fused-ring (bicyclic) bond motifs is 2. The van der Waals surface area contributed by atoms with Crippen LogP contribution in [0.15, 0.2) is 42.5 Å². The van der Waals surface area contributed by atoms with Gasteiger partial charge < -0.3 is 9.88 Å². The van der Waals surface area contributed by atoms with E-state index in [1.165, 1.54) is 22.2 Å². The molecule has 3 aromatic rings. The molecule has 0 saturated carbocycles. The average molecular weight is 277 g/mol. The molecule has 1 aliphatic rings. The summed E-state index contributed by atoms with van der Waals surface area (Å²) >= 11 is 0. The molecule has 0 radical (unpaired) electrons. The summed E-state index contributed by atoms with van der Waals surface area (Å²) < 4.78 is 2.30. The van der Waals surface area contributed by atoms with Gasteiger partial charge in [0.25, 0.3) is 0 Å². The predicted octanol–water partition coefficient (Wildman–Crippen LogP) is 3.37. The summed E-state index contributed by atoms with van der Waals surface area (Å²) in [4.78, 5) is 4.85. The van der Waals surface area contributed by atoms with Crippen LogP contribution >= 0.6 is 0 Å². The molecule has 21 heavy (non-hydrogen) atoms. The standard InChI is InChI=1S/C18H19N3/c1-2-21-17-6-4-3-5-16(17)20-18(21)14-8-7-13-9-10-19-12-15(13)11-14/h3-8,11,19H,2,9-10,12H2,1H3. The van der Waals surface area contributed by atoms with Crippen LogP contribution in [0.4, 0.5) is 0 Å². The first-order valence-electron chi connectivity index (χ1n) is 7.65. The molecular weight excluding hydrogens is 258 g/mol. The number of nitrogens with zero attached hydrogens (tertiary/aromatic N) is 2. The molecule has 0 spiro atoms. The number of aromatic nitrogens is 2. The normalized spacial score (nSPS) is 14.3. The molecule has 3 nitrogen and oxygen atoms in total. The van der Waals surface area contributed by atoms with E-state index in [1.807, 2.05) is 0 Å². The highest BCUT2D eigenvalue weighted by Crippen LogP contribution is 2.27. The molecule has 2 aromatic carbocycles. The van der Waals surface area contributed by atoms with E-state index in [0.717, 1.165) is 37.4 Å². The number of rotatable bonds is 2. The maximum atomic E-state index is 4.85. The number of hydrogen-bond acceptors (Lipinski definition) is 2. The van der Waals surface area contributed by atoms with Gasteiger partial charge in [-0.05, 0) is 49.2 Å². The average Bonchev–Trinajstić information content (AvgIpc) is 2.93. The number of benzene rings is 2. The van der Waals surface area contributed by atoms with Crippen LogP contribution in [0.1, 0.15) is 18.1 Å². The van der Waals surface area contributed by atoms with Gasteiger partial charge >= 0.3 is 0 Å². The summed E-state index contributed by atoms with van der Waals surface area (Å²) in [5.41, 5.74) is 6.39. The highest BCUT2D eigenvalue weighted by molar-refractivity contribution is 5.80. The van der Waals surface area contributed by atoms with Crippen LogP contribution in [0.2, 0.25) is 0 Å². The third-order valence-electron chi connectivity index (χ3n) is 4.32. The summed E-state index contributed by atoms with van der Waals surface area (Å²) in [6.07, 6.45) is 1.12. The van der Waals surface area contributed by atoms with Crippen molar-refractivity contribution in [2.24, 2.45) is 0 Å². The molecule has 2 heterocycles. The van der Waals surface area contributed by atoms with E-state index < -0.39 is 0 Å². The molecule has 0 amide bonds. The lowest BCUT2D eigenvalue weighted by atomic mass is 9.98. The lowest BCUT2D eigenvalue weighted by Gasteiger charge is -2.18. The molecule has 0 aliphatic carbocycles. The second-order valence-corrected chi connectivity index (χ2v) is 5.58. The van der Waals surface area contributed by atoms with Crippen molar-refractivity contribution >= 4 is 11.0 Å². The number of imidazole rings is 1. The highest BCUT2D eigenvalue weighted by atomic mass is 15.1. The summed E-state index contributed by atoms with van der Waals surface area (Å²) in [6, 6.07) is 15.2. The molecule has 0 unspecified atom stereocenters. The lowest BCUT2D eigenvalue weighted by molar-refractivity contribution is 0.644. The van der Waals surface area contributed by atoms with E-state index in [-0.39, 0.29) is 0 Å². The van der Waals surface area contributed by atoms with Crippen LogP contribution < -0.4 is 5.32 Å². The largest absolute Gasteiger partial charge is 0.324 e. The Morgan fingerprint density at radius 3 is 2.95 bits per heavy atom. The second kappa shape index (κ2) is 5.01. The fraction of sp³-hybridized carbons (Fsp3) is 0.278. The van der Waals surface area contributed by atoms with Gasteiger partial charge in [0, 0.05) is 18.7 Å². The van der Waals surface area contributed by atoms with E-state index in [0.29, 0.717) is 0 Å². The Hall–Kier alpha value is -2.13. The van der Waals surface area contributed by atoms with E-state index in [4.69, 9.17) is 4.98 Å². The van der Waals surface area contributed by atoms with E-state index in [2.05, 4.69) is 59.3 Å². The molecule has 1 aromatic heterocycles. The molecular formula is C18H19N3. The zero-order valence-electron chi connectivity index (χ0n) is 12.3. The maximum Gasteiger partial charge on any atom is 0.141 e. The second-order valence-electron chi connectivity index (χ2n) is 5.58.